The summed E-state index contributed by atoms with van der Waals surface area (Å²) in [5, 5.41) is 5.60. The molecule has 0 saturated carbocycles. The maximum Gasteiger partial charge on any atom is 0.255 e. The van der Waals surface area contributed by atoms with Gasteiger partial charge in [-0.15, -0.1) is 0 Å². The summed E-state index contributed by atoms with van der Waals surface area (Å²) in [4.78, 5) is 29.4. The molecule has 0 spiro atoms. The number of methoxy groups -OCH3 is 2. The molecule has 1 heterocycles. The summed E-state index contributed by atoms with van der Waals surface area (Å²) in [5.41, 5.74) is 0.875. The summed E-state index contributed by atoms with van der Waals surface area (Å²) in [6.07, 6.45) is 0. The molecular weight excluding hydrogens is 391 g/mol. The molecule has 0 aliphatic rings. The first kappa shape index (κ1) is 20.8. The Morgan fingerprint density at radius 3 is 2.63 bits per heavy atom. The van der Waals surface area contributed by atoms with Gasteiger partial charge in [0.15, 0.2) is 0 Å². The third kappa shape index (κ3) is 4.93. The van der Waals surface area contributed by atoms with Crippen LogP contribution in [0.25, 0.3) is 0 Å². The van der Waals surface area contributed by atoms with Crippen LogP contribution >= 0.6 is 0 Å². The van der Waals surface area contributed by atoms with Crippen molar-refractivity contribution in [3.8, 4) is 11.5 Å². The number of hydrogen-bond acceptors (Lipinski definition) is 6. The molecule has 0 aliphatic heterocycles. The maximum absolute atomic E-state index is 13.5. The highest BCUT2D eigenvalue weighted by Crippen LogP contribution is 2.29. The summed E-state index contributed by atoms with van der Waals surface area (Å²) < 4.78 is 25.1. The number of aromatic nitrogens is 2. The van der Waals surface area contributed by atoms with E-state index in [0.29, 0.717) is 28.6 Å². The molecule has 2 aromatic carbocycles. The number of hydrogen-bond donors (Lipinski definition) is 2. The summed E-state index contributed by atoms with van der Waals surface area (Å²) >= 11 is 0. The minimum absolute atomic E-state index is 0.127. The van der Waals surface area contributed by atoms with E-state index in [4.69, 9.17) is 9.47 Å². The summed E-state index contributed by atoms with van der Waals surface area (Å²) in [6.45, 7) is 1.35. The molecule has 9 heteroatoms. The lowest BCUT2D eigenvalue weighted by Gasteiger charge is -2.15. The lowest BCUT2D eigenvalue weighted by Crippen LogP contribution is -2.30. The van der Waals surface area contributed by atoms with E-state index in [0.717, 1.165) is 0 Å². The number of nitrogens with zero attached hydrogens (tertiary/aromatic N) is 2. The van der Waals surface area contributed by atoms with Gasteiger partial charge in [0.05, 0.1) is 19.9 Å². The molecule has 1 amide bonds. The van der Waals surface area contributed by atoms with Crippen LogP contribution in [0.3, 0.4) is 0 Å². The summed E-state index contributed by atoms with van der Waals surface area (Å²) in [7, 11) is 3.00. The molecule has 30 heavy (non-hydrogen) atoms. The zero-order chi connectivity index (χ0) is 21.7. The third-order valence-electron chi connectivity index (χ3n) is 4.20. The predicted octanol–water partition coefficient (Wildman–Crippen LogP) is 3.09. The molecule has 156 valence electrons. The van der Waals surface area contributed by atoms with E-state index >= 15 is 0 Å². The average molecular weight is 412 g/mol. The van der Waals surface area contributed by atoms with E-state index in [1.165, 1.54) is 43.1 Å². The number of aryl methyl sites for hydroxylation is 1. The number of carbonyl (C=O) groups excluding carboxylic acids is 1. The SMILES string of the molecule is COc1ccc(NC(=O)Cn2c(Nc3cccc(F)c3)nc(C)cc2=O)c(OC)c1. The van der Waals surface area contributed by atoms with Crippen LogP contribution < -0.4 is 25.7 Å². The topological polar surface area (TPSA) is 94.5 Å². The molecule has 0 saturated heterocycles. The van der Waals surface area contributed by atoms with Crippen molar-refractivity contribution >= 4 is 23.2 Å². The molecule has 0 aliphatic carbocycles. The number of benzene rings is 2. The van der Waals surface area contributed by atoms with Gasteiger partial charge in [-0.25, -0.2) is 9.37 Å². The van der Waals surface area contributed by atoms with Crippen LogP contribution in [0.5, 0.6) is 11.5 Å². The lowest BCUT2D eigenvalue weighted by molar-refractivity contribution is -0.116. The first-order valence-electron chi connectivity index (χ1n) is 9.02. The van der Waals surface area contributed by atoms with Crippen LogP contribution in [0.4, 0.5) is 21.7 Å². The number of amides is 1. The lowest BCUT2D eigenvalue weighted by atomic mass is 10.2. The van der Waals surface area contributed by atoms with Crippen LogP contribution in [-0.4, -0.2) is 29.7 Å². The number of carbonyl (C=O) groups is 1. The normalized spacial score (nSPS) is 10.4. The van der Waals surface area contributed by atoms with E-state index in [-0.39, 0.29) is 12.5 Å². The molecule has 3 rings (SSSR count). The average Bonchev–Trinajstić information content (AvgIpc) is 2.71. The van der Waals surface area contributed by atoms with E-state index in [1.807, 2.05) is 0 Å². The fraction of sp³-hybridized carbons (Fsp3) is 0.190. The van der Waals surface area contributed by atoms with E-state index < -0.39 is 17.3 Å². The highest BCUT2D eigenvalue weighted by Gasteiger charge is 2.14. The Labute approximate surface area is 172 Å². The fourth-order valence-corrected chi connectivity index (χ4v) is 2.80. The Morgan fingerprint density at radius 1 is 1.13 bits per heavy atom. The van der Waals surface area contributed by atoms with Crippen molar-refractivity contribution in [1.29, 1.82) is 0 Å². The molecule has 0 unspecified atom stereocenters. The van der Waals surface area contributed by atoms with Gasteiger partial charge in [0, 0.05) is 23.5 Å². The van der Waals surface area contributed by atoms with Crippen molar-refractivity contribution in [3.63, 3.8) is 0 Å². The van der Waals surface area contributed by atoms with Crippen molar-refractivity contribution in [1.82, 2.24) is 9.55 Å². The second kappa shape index (κ2) is 9.08. The molecule has 3 aromatic rings. The minimum atomic E-state index is -0.464. The van der Waals surface area contributed by atoms with Gasteiger partial charge in [0.1, 0.15) is 23.9 Å². The third-order valence-corrected chi connectivity index (χ3v) is 4.20. The van der Waals surface area contributed by atoms with Gasteiger partial charge in [-0.2, -0.15) is 0 Å². The smallest absolute Gasteiger partial charge is 0.255 e. The van der Waals surface area contributed by atoms with Crippen molar-refractivity contribution in [2.45, 2.75) is 13.5 Å². The Kier molecular flexibility index (Phi) is 6.31. The Hall–Kier alpha value is -3.88. The highest BCUT2D eigenvalue weighted by atomic mass is 19.1. The van der Waals surface area contributed by atoms with Crippen LogP contribution in [-0.2, 0) is 11.3 Å². The van der Waals surface area contributed by atoms with Gasteiger partial charge in [-0.1, -0.05) is 6.07 Å². The van der Waals surface area contributed by atoms with Crippen molar-refractivity contribution < 1.29 is 18.7 Å². The van der Waals surface area contributed by atoms with Gasteiger partial charge in [0.25, 0.3) is 5.56 Å². The molecule has 8 nitrogen and oxygen atoms in total. The molecule has 0 fully saturated rings. The molecule has 1 aromatic heterocycles. The van der Waals surface area contributed by atoms with Crippen LogP contribution in [0.15, 0.2) is 53.3 Å². The molecule has 0 atom stereocenters. The zero-order valence-electron chi connectivity index (χ0n) is 16.7. The van der Waals surface area contributed by atoms with Crippen LogP contribution in [0.2, 0.25) is 0 Å². The Morgan fingerprint density at radius 2 is 1.93 bits per heavy atom. The summed E-state index contributed by atoms with van der Waals surface area (Å²) in [6, 6.07) is 12.0. The first-order valence-corrected chi connectivity index (χ1v) is 9.02. The number of halogens is 1. The number of ether oxygens (including phenoxy) is 2. The van der Waals surface area contributed by atoms with Gasteiger partial charge >= 0.3 is 0 Å². The van der Waals surface area contributed by atoms with Crippen LogP contribution in [0.1, 0.15) is 5.69 Å². The number of nitrogens with one attached hydrogen (secondary N) is 2. The fourth-order valence-electron chi connectivity index (χ4n) is 2.80. The minimum Gasteiger partial charge on any atom is -0.497 e. The van der Waals surface area contributed by atoms with E-state index in [2.05, 4.69) is 15.6 Å². The quantitative estimate of drug-likeness (QED) is 0.619. The first-order chi connectivity index (χ1) is 14.4. The monoisotopic (exact) mass is 412 g/mol. The highest BCUT2D eigenvalue weighted by molar-refractivity contribution is 5.92. The van der Waals surface area contributed by atoms with E-state index in [1.54, 1.807) is 31.2 Å². The molecular formula is C21H21FN4O4. The van der Waals surface area contributed by atoms with Gasteiger partial charge in [0.2, 0.25) is 11.9 Å². The van der Waals surface area contributed by atoms with Gasteiger partial charge < -0.3 is 20.1 Å². The molecule has 2 N–H and O–H groups in total. The largest absolute Gasteiger partial charge is 0.497 e. The second-order valence-corrected chi connectivity index (χ2v) is 6.40. The predicted molar refractivity (Wildman–Crippen MR) is 111 cm³/mol. The summed E-state index contributed by atoms with van der Waals surface area (Å²) in [5.74, 6) is 0.211. The maximum atomic E-state index is 13.5. The van der Waals surface area contributed by atoms with Crippen molar-refractivity contribution in [2.75, 3.05) is 24.9 Å². The molecule has 0 radical (unpaired) electrons. The van der Waals surface area contributed by atoms with Gasteiger partial charge in [-0.3, -0.25) is 14.2 Å². The van der Waals surface area contributed by atoms with Gasteiger partial charge in [-0.05, 0) is 37.3 Å². The Bertz CT molecular complexity index is 1130. The molecule has 0 bridgehead atoms. The second-order valence-electron chi connectivity index (χ2n) is 6.40. The number of rotatable bonds is 7. The van der Waals surface area contributed by atoms with Crippen LogP contribution in [0, 0.1) is 12.7 Å². The standard InChI is InChI=1S/C21H21FN4O4/c1-13-9-20(28)26(21(23-13)24-15-6-4-5-14(22)10-15)12-19(27)25-17-8-7-16(29-2)11-18(17)30-3/h4-11H,12H2,1-3H3,(H,23,24)(H,25,27). The van der Waals surface area contributed by atoms with Crippen molar-refractivity contribution in [3.05, 3.63) is 70.4 Å². The van der Waals surface area contributed by atoms with E-state index in [9.17, 15) is 14.0 Å². The zero-order valence-corrected chi connectivity index (χ0v) is 16.7. The Balaban J connectivity index is 1.85. The van der Waals surface area contributed by atoms with Crippen molar-refractivity contribution in [2.24, 2.45) is 0 Å². The number of anilines is 3.